The fourth-order valence-electron chi connectivity index (χ4n) is 2.74. The number of hydrogen-bond acceptors (Lipinski definition) is 5. The molecule has 0 aliphatic carbocycles. The molecule has 0 spiro atoms. The highest BCUT2D eigenvalue weighted by Crippen LogP contribution is 2.35. The normalized spacial score (nSPS) is 25.3. The number of nitrogens with zero attached hydrogens (tertiary/aromatic N) is 2. The molecule has 1 fully saturated rings. The molecule has 0 radical (unpaired) electrons. The average Bonchev–Trinajstić information content (AvgIpc) is 3.17. The minimum Gasteiger partial charge on any atom is -0.482 e. The van der Waals surface area contributed by atoms with Crippen LogP contribution in [0.4, 0.5) is 0 Å². The Hall–Kier alpha value is -1.88. The summed E-state index contributed by atoms with van der Waals surface area (Å²) in [5.41, 5.74) is 1.21. The van der Waals surface area contributed by atoms with Crippen molar-refractivity contribution in [2.75, 3.05) is 13.1 Å². The Morgan fingerprint density at radius 3 is 3.05 bits per heavy atom. The summed E-state index contributed by atoms with van der Waals surface area (Å²) < 4.78 is 11.2. The Morgan fingerprint density at radius 2 is 2.21 bits per heavy atom. The van der Waals surface area contributed by atoms with Gasteiger partial charge in [-0.1, -0.05) is 23.4 Å². The van der Waals surface area contributed by atoms with Gasteiger partial charge in [0.2, 0.25) is 11.7 Å². The molecule has 2 aromatic rings. The number of benzene rings is 1. The first-order valence-corrected chi connectivity index (χ1v) is 6.69. The second-order valence-electron chi connectivity index (χ2n) is 5.10. The molecule has 2 aliphatic heterocycles. The van der Waals surface area contributed by atoms with Crippen molar-refractivity contribution in [2.45, 2.75) is 24.9 Å². The highest BCUT2D eigenvalue weighted by atomic mass is 16.5. The topological polar surface area (TPSA) is 60.2 Å². The molecule has 0 saturated carbocycles. The van der Waals surface area contributed by atoms with Gasteiger partial charge >= 0.3 is 0 Å². The zero-order chi connectivity index (χ0) is 12.7. The molecule has 4 rings (SSSR count). The van der Waals surface area contributed by atoms with Gasteiger partial charge in [0.05, 0.1) is 5.92 Å². The SMILES string of the molecule is c1ccc2c(c1)CC(c1noc(C3CCNC3)n1)O2. The summed E-state index contributed by atoms with van der Waals surface area (Å²) in [4.78, 5) is 4.51. The molecule has 5 nitrogen and oxygen atoms in total. The zero-order valence-corrected chi connectivity index (χ0v) is 10.5. The second-order valence-corrected chi connectivity index (χ2v) is 5.10. The molecule has 2 atom stereocenters. The molecule has 0 bridgehead atoms. The van der Waals surface area contributed by atoms with E-state index >= 15 is 0 Å². The summed E-state index contributed by atoms with van der Waals surface area (Å²) in [5.74, 6) is 2.68. The average molecular weight is 257 g/mol. The smallest absolute Gasteiger partial charge is 0.231 e. The summed E-state index contributed by atoms with van der Waals surface area (Å²) in [6, 6.07) is 8.07. The van der Waals surface area contributed by atoms with Gasteiger partial charge in [-0.25, -0.2) is 0 Å². The minimum absolute atomic E-state index is 0.107. The van der Waals surface area contributed by atoms with E-state index in [2.05, 4.69) is 21.5 Å². The van der Waals surface area contributed by atoms with Crippen molar-refractivity contribution in [1.29, 1.82) is 0 Å². The van der Waals surface area contributed by atoms with Crippen LogP contribution < -0.4 is 10.1 Å². The van der Waals surface area contributed by atoms with E-state index in [-0.39, 0.29) is 6.10 Å². The highest BCUT2D eigenvalue weighted by molar-refractivity contribution is 5.37. The maximum Gasteiger partial charge on any atom is 0.231 e. The molecule has 3 heterocycles. The van der Waals surface area contributed by atoms with Crippen LogP contribution >= 0.6 is 0 Å². The first-order chi connectivity index (χ1) is 9.40. The van der Waals surface area contributed by atoms with Gasteiger partial charge in [0.15, 0.2) is 6.10 Å². The largest absolute Gasteiger partial charge is 0.482 e. The first-order valence-electron chi connectivity index (χ1n) is 6.69. The maximum absolute atomic E-state index is 5.87. The van der Waals surface area contributed by atoms with Crippen molar-refractivity contribution in [3.8, 4) is 5.75 Å². The Kier molecular flexibility index (Phi) is 2.51. The van der Waals surface area contributed by atoms with Crippen LogP contribution in [0.5, 0.6) is 5.75 Å². The van der Waals surface area contributed by atoms with E-state index in [1.54, 1.807) is 0 Å². The van der Waals surface area contributed by atoms with Gasteiger partial charge in [-0.2, -0.15) is 4.98 Å². The van der Waals surface area contributed by atoms with Gasteiger partial charge < -0.3 is 14.6 Å². The molecule has 5 heteroatoms. The second kappa shape index (κ2) is 4.35. The molecular formula is C14H15N3O2. The fraction of sp³-hybridized carbons (Fsp3) is 0.429. The van der Waals surface area contributed by atoms with E-state index in [1.165, 1.54) is 5.56 Å². The van der Waals surface area contributed by atoms with Gasteiger partial charge in [-0.3, -0.25) is 0 Å². The minimum atomic E-state index is -0.107. The van der Waals surface area contributed by atoms with Crippen molar-refractivity contribution >= 4 is 0 Å². The number of hydrogen-bond donors (Lipinski definition) is 1. The third kappa shape index (κ3) is 1.90. The van der Waals surface area contributed by atoms with Gasteiger partial charge in [0.1, 0.15) is 5.75 Å². The van der Waals surface area contributed by atoms with Crippen molar-refractivity contribution in [2.24, 2.45) is 0 Å². The third-order valence-corrected chi connectivity index (χ3v) is 3.80. The number of ether oxygens (including phenoxy) is 1. The van der Waals surface area contributed by atoms with Gasteiger partial charge in [-0.15, -0.1) is 0 Å². The highest BCUT2D eigenvalue weighted by Gasteiger charge is 2.30. The van der Waals surface area contributed by atoms with Crippen LogP contribution in [0.25, 0.3) is 0 Å². The summed E-state index contributed by atoms with van der Waals surface area (Å²) >= 11 is 0. The van der Waals surface area contributed by atoms with Crippen LogP contribution in [0, 0.1) is 0 Å². The predicted molar refractivity (Wildman–Crippen MR) is 68.0 cm³/mol. The Labute approximate surface area is 111 Å². The lowest BCUT2D eigenvalue weighted by atomic mass is 10.1. The molecule has 2 aliphatic rings. The molecule has 1 aromatic heterocycles. The Bertz CT molecular complexity index is 565. The molecular weight excluding hydrogens is 242 g/mol. The summed E-state index contributed by atoms with van der Waals surface area (Å²) in [6.45, 7) is 1.95. The van der Waals surface area contributed by atoms with Crippen molar-refractivity contribution < 1.29 is 9.26 Å². The zero-order valence-electron chi connectivity index (χ0n) is 10.5. The molecule has 19 heavy (non-hydrogen) atoms. The van der Waals surface area contributed by atoms with E-state index in [1.807, 2.05) is 18.2 Å². The fourth-order valence-corrected chi connectivity index (χ4v) is 2.74. The molecule has 98 valence electrons. The summed E-state index contributed by atoms with van der Waals surface area (Å²) in [6.07, 6.45) is 1.77. The lowest BCUT2D eigenvalue weighted by molar-refractivity contribution is 0.221. The van der Waals surface area contributed by atoms with Crippen LogP contribution in [0.15, 0.2) is 28.8 Å². The number of para-hydroxylation sites is 1. The predicted octanol–water partition coefficient (Wildman–Crippen LogP) is 1.82. The lowest BCUT2D eigenvalue weighted by Crippen LogP contribution is -2.09. The molecule has 1 N–H and O–H groups in total. The monoisotopic (exact) mass is 257 g/mol. The van der Waals surface area contributed by atoms with Crippen LogP contribution in [0.2, 0.25) is 0 Å². The van der Waals surface area contributed by atoms with E-state index in [4.69, 9.17) is 9.26 Å². The maximum atomic E-state index is 5.87. The molecule has 0 amide bonds. The Balaban J connectivity index is 1.55. The van der Waals surface area contributed by atoms with Gasteiger partial charge in [-0.05, 0) is 24.6 Å². The Morgan fingerprint density at radius 1 is 1.26 bits per heavy atom. The van der Waals surface area contributed by atoms with Crippen molar-refractivity contribution in [1.82, 2.24) is 15.5 Å². The van der Waals surface area contributed by atoms with E-state index in [0.29, 0.717) is 11.7 Å². The van der Waals surface area contributed by atoms with Gasteiger partial charge in [0, 0.05) is 13.0 Å². The van der Waals surface area contributed by atoms with Crippen LogP contribution in [0.3, 0.4) is 0 Å². The third-order valence-electron chi connectivity index (χ3n) is 3.80. The van der Waals surface area contributed by atoms with Crippen molar-refractivity contribution in [3.05, 3.63) is 41.5 Å². The van der Waals surface area contributed by atoms with Gasteiger partial charge in [0.25, 0.3) is 0 Å². The first kappa shape index (κ1) is 11.0. The van der Waals surface area contributed by atoms with Crippen LogP contribution in [-0.4, -0.2) is 23.2 Å². The molecule has 1 saturated heterocycles. The van der Waals surface area contributed by atoms with E-state index in [0.717, 1.165) is 37.6 Å². The van der Waals surface area contributed by atoms with E-state index < -0.39 is 0 Å². The van der Waals surface area contributed by atoms with Crippen LogP contribution in [-0.2, 0) is 6.42 Å². The number of aromatic nitrogens is 2. The van der Waals surface area contributed by atoms with Crippen LogP contribution in [0.1, 0.15) is 35.7 Å². The number of fused-ring (bicyclic) bond motifs is 1. The lowest BCUT2D eigenvalue weighted by Gasteiger charge is -2.04. The summed E-state index contributed by atoms with van der Waals surface area (Å²) in [5, 5.41) is 7.39. The number of rotatable bonds is 2. The molecule has 1 aromatic carbocycles. The van der Waals surface area contributed by atoms with Crippen molar-refractivity contribution in [3.63, 3.8) is 0 Å². The quantitative estimate of drug-likeness (QED) is 0.889. The molecule has 2 unspecified atom stereocenters. The van der Waals surface area contributed by atoms with E-state index in [9.17, 15) is 0 Å². The number of nitrogens with one attached hydrogen (secondary N) is 1. The standard InChI is InChI=1S/C14H15N3O2/c1-2-4-11-9(3-1)7-12(18-11)13-16-14(19-17-13)10-5-6-15-8-10/h1-4,10,12,15H,5-8H2. The summed E-state index contributed by atoms with van der Waals surface area (Å²) in [7, 11) is 0.